The Labute approximate surface area is 167 Å². The summed E-state index contributed by atoms with van der Waals surface area (Å²) in [6.07, 6.45) is 1.68. The number of benzene rings is 3. The molecule has 0 fully saturated rings. The van der Waals surface area contributed by atoms with Gasteiger partial charge in [0.15, 0.2) is 0 Å². The van der Waals surface area contributed by atoms with Gasteiger partial charge >= 0.3 is 5.97 Å². The molecule has 0 N–H and O–H groups in total. The standard InChI is InChI=1S/C23H17NO3S/c1-28-23(26)21-9-5-4-8-20(21)22(25)27-15-16-10-12-17(13-11-16)19-7-3-2-6-18(19)14-24/h2-13H,15H2,1H3. The van der Waals surface area contributed by atoms with Gasteiger partial charge in [-0.15, -0.1) is 0 Å². The summed E-state index contributed by atoms with van der Waals surface area (Å²) in [6.45, 7) is 0.0980. The predicted octanol–water partition coefficient (Wildman–Crippen LogP) is 5.09. The normalized spacial score (nSPS) is 10.1. The minimum atomic E-state index is -0.531. The molecule has 28 heavy (non-hydrogen) atoms. The number of ether oxygens (including phenoxy) is 1. The van der Waals surface area contributed by atoms with Crippen molar-refractivity contribution < 1.29 is 14.3 Å². The summed E-state index contributed by atoms with van der Waals surface area (Å²) in [6, 6.07) is 23.7. The van der Waals surface area contributed by atoms with Crippen LogP contribution >= 0.6 is 11.8 Å². The van der Waals surface area contributed by atoms with Gasteiger partial charge < -0.3 is 4.74 Å². The maximum Gasteiger partial charge on any atom is 0.339 e. The fourth-order valence-corrected chi connectivity index (χ4v) is 3.19. The van der Waals surface area contributed by atoms with E-state index in [1.165, 1.54) is 0 Å². The summed E-state index contributed by atoms with van der Waals surface area (Å²) in [5.41, 5.74) is 3.82. The number of esters is 1. The summed E-state index contributed by atoms with van der Waals surface area (Å²) in [5.74, 6) is -0.531. The van der Waals surface area contributed by atoms with E-state index < -0.39 is 5.97 Å². The molecule has 0 heterocycles. The minimum absolute atomic E-state index is 0.0980. The summed E-state index contributed by atoms with van der Waals surface area (Å²) in [5, 5.41) is 9.06. The second-order valence-corrected chi connectivity index (χ2v) is 6.75. The fraction of sp³-hybridized carbons (Fsp3) is 0.0870. The van der Waals surface area contributed by atoms with Crippen LogP contribution in [0.5, 0.6) is 0 Å². The molecule has 0 aliphatic rings. The molecular formula is C23H17NO3S. The van der Waals surface area contributed by atoms with Gasteiger partial charge in [0.1, 0.15) is 6.61 Å². The summed E-state index contributed by atoms with van der Waals surface area (Å²) >= 11 is 1.06. The Morgan fingerprint density at radius 3 is 2.25 bits per heavy atom. The third kappa shape index (κ3) is 4.30. The maximum atomic E-state index is 12.4. The van der Waals surface area contributed by atoms with Gasteiger partial charge in [-0.05, 0) is 41.1 Å². The highest BCUT2D eigenvalue weighted by atomic mass is 32.2. The monoisotopic (exact) mass is 387 g/mol. The first kappa shape index (κ1) is 19.4. The van der Waals surface area contributed by atoms with E-state index in [1.807, 2.05) is 42.5 Å². The molecule has 138 valence electrons. The lowest BCUT2D eigenvalue weighted by molar-refractivity contribution is 0.0470. The van der Waals surface area contributed by atoms with Crippen LogP contribution in [-0.4, -0.2) is 17.3 Å². The van der Waals surface area contributed by atoms with Crippen molar-refractivity contribution in [1.82, 2.24) is 0 Å². The van der Waals surface area contributed by atoms with Crippen molar-refractivity contribution in [2.24, 2.45) is 0 Å². The lowest BCUT2D eigenvalue weighted by Gasteiger charge is -2.09. The van der Waals surface area contributed by atoms with E-state index in [-0.39, 0.29) is 17.3 Å². The molecule has 0 atom stereocenters. The summed E-state index contributed by atoms with van der Waals surface area (Å²) < 4.78 is 5.39. The average Bonchev–Trinajstić information content (AvgIpc) is 2.77. The minimum Gasteiger partial charge on any atom is -0.457 e. The van der Waals surface area contributed by atoms with E-state index >= 15 is 0 Å². The van der Waals surface area contributed by atoms with Crippen LogP contribution in [0.1, 0.15) is 31.8 Å². The molecule has 3 rings (SSSR count). The topological polar surface area (TPSA) is 67.2 Å². The number of nitriles is 1. The first-order valence-corrected chi connectivity index (χ1v) is 9.79. The van der Waals surface area contributed by atoms with E-state index in [1.54, 1.807) is 36.6 Å². The Hall–Kier alpha value is -3.36. The Kier molecular flexibility index (Phi) is 6.25. The Bertz CT molecular complexity index is 1050. The van der Waals surface area contributed by atoms with Crippen molar-refractivity contribution >= 4 is 22.8 Å². The van der Waals surface area contributed by atoms with Crippen LogP contribution in [0.2, 0.25) is 0 Å². The van der Waals surface area contributed by atoms with Gasteiger partial charge in [0.2, 0.25) is 5.12 Å². The molecule has 5 heteroatoms. The Morgan fingerprint density at radius 1 is 0.929 bits per heavy atom. The zero-order valence-electron chi connectivity index (χ0n) is 15.2. The van der Waals surface area contributed by atoms with Crippen LogP contribution in [0.3, 0.4) is 0 Å². The van der Waals surface area contributed by atoms with E-state index in [0.29, 0.717) is 11.1 Å². The van der Waals surface area contributed by atoms with E-state index in [4.69, 9.17) is 4.74 Å². The lowest BCUT2D eigenvalue weighted by atomic mass is 9.99. The van der Waals surface area contributed by atoms with Crippen molar-refractivity contribution in [3.05, 3.63) is 95.1 Å². The molecule has 0 radical (unpaired) electrons. The largest absolute Gasteiger partial charge is 0.457 e. The van der Waals surface area contributed by atoms with Gasteiger partial charge in [0.05, 0.1) is 17.2 Å². The number of hydrogen-bond acceptors (Lipinski definition) is 5. The number of carbonyl (C=O) groups is 2. The SMILES string of the molecule is CSC(=O)c1ccccc1C(=O)OCc1ccc(-c2ccccc2C#N)cc1. The first-order valence-electron chi connectivity index (χ1n) is 8.57. The van der Waals surface area contributed by atoms with Crippen LogP contribution in [0.15, 0.2) is 72.8 Å². The van der Waals surface area contributed by atoms with Gasteiger partial charge in [-0.3, -0.25) is 4.79 Å². The lowest BCUT2D eigenvalue weighted by Crippen LogP contribution is -2.10. The maximum absolute atomic E-state index is 12.4. The van der Waals surface area contributed by atoms with E-state index in [9.17, 15) is 14.9 Å². The van der Waals surface area contributed by atoms with Crippen LogP contribution in [0, 0.1) is 11.3 Å². The molecule has 0 spiro atoms. The van der Waals surface area contributed by atoms with Gasteiger partial charge in [0, 0.05) is 5.56 Å². The molecule has 0 saturated heterocycles. The Balaban J connectivity index is 1.72. The summed E-state index contributed by atoms with van der Waals surface area (Å²) in [7, 11) is 0. The number of hydrogen-bond donors (Lipinski definition) is 0. The zero-order valence-corrected chi connectivity index (χ0v) is 16.0. The van der Waals surface area contributed by atoms with Crippen molar-refractivity contribution in [1.29, 1.82) is 5.26 Å². The molecule has 0 aliphatic heterocycles. The molecule has 0 unspecified atom stereocenters. The first-order chi connectivity index (χ1) is 13.6. The van der Waals surface area contributed by atoms with Crippen molar-refractivity contribution in [3.8, 4) is 17.2 Å². The molecule has 0 saturated carbocycles. The molecule has 0 aliphatic carbocycles. The highest BCUT2D eigenvalue weighted by Gasteiger charge is 2.17. The van der Waals surface area contributed by atoms with E-state index in [0.717, 1.165) is 28.5 Å². The number of nitrogens with zero attached hydrogens (tertiary/aromatic N) is 1. The molecule has 0 amide bonds. The molecular weight excluding hydrogens is 370 g/mol. The third-order valence-electron chi connectivity index (χ3n) is 4.23. The second-order valence-electron chi connectivity index (χ2n) is 5.97. The molecule has 4 nitrogen and oxygen atoms in total. The number of thioether (sulfide) groups is 1. The van der Waals surface area contributed by atoms with Gasteiger partial charge in [-0.2, -0.15) is 5.26 Å². The summed E-state index contributed by atoms with van der Waals surface area (Å²) in [4.78, 5) is 24.4. The second kappa shape index (κ2) is 9.03. The smallest absolute Gasteiger partial charge is 0.339 e. The molecule has 0 bridgehead atoms. The van der Waals surface area contributed by atoms with Crippen LogP contribution in [0.4, 0.5) is 0 Å². The third-order valence-corrected chi connectivity index (χ3v) is 4.83. The quantitative estimate of drug-likeness (QED) is 0.571. The zero-order chi connectivity index (χ0) is 19.9. The van der Waals surface area contributed by atoms with E-state index in [2.05, 4.69) is 6.07 Å². The van der Waals surface area contributed by atoms with Gasteiger partial charge in [-0.1, -0.05) is 66.4 Å². The van der Waals surface area contributed by atoms with Crippen molar-refractivity contribution in [2.75, 3.05) is 6.26 Å². The number of rotatable bonds is 5. The predicted molar refractivity (Wildman–Crippen MR) is 110 cm³/mol. The Morgan fingerprint density at radius 2 is 1.57 bits per heavy atom. The van der Waals surface area contributed by atoms with Crippen LogP contribution in [0.25, 0.3) is 11.1 Å². The fourth-order valence-electron chi connectivity index (χ4n) is 2.79. The van der Waals surface area contributed by atoms with Crippen molar-refractivity contribution in [3.63, 3.8) is 0 Å². The van der Waals surface area contributed by atoms with Crippen LogP contribution < -0.4 is 0 Å². The molecule has 3 aromatic carbocycles. The molecule has 3 aromatic rings. The average molecular weight is 387 g/mol. The van der Waals surface area contributed by atoms with Crippen LogP contribution in [-0.2, 0) is 11.3 Å². The highest BCUT2D eigenvalue weighted by molar-refractivity contribution is 8.13. The van der Waals surface area contributed by atoms with Crippen molar-refractivity contribution in [2.45, 2.75) is 6.61 Å². The highest BCUT2D eigenvalue weighted by Crippen LogP contribution is 2.24. The van der Waals surface area contributed by atoms with Gasteiger partial charge in [-0.25, -0.2) is 4.79 Å². The number of carbonyl (C=O) groups excluding carboxylic acids is 2. The molecule has 0 aromatic heterocycles. The van der Waals surface area contributed by atoms with Gasteiger partial charge in [0.25, 0.3) is 0 Å².